The van der Waals surface area contributed by atoms with Crippen molar-refractivity contribution >= 4 is 33.4 Å². The van der Waals surface area contributed by atoms with Crippen LogP contribution in [0.4, 0.5) is 14.6 Å². The van der Waals surface area contributed by atoms with Gasteiger partial charge in [0.05, 0.1) is 17.6 Å². The summed E-state index contributed by atoms with van der Waals surface area (Å²) in [7, 11) is 0. The van der Waals surface area contributed by atoms with E-state index in [1.54, 1.807) is 18.2 Å². The number of ether oxygens (including phenoxy) is 1. The van der Waals surface area contributed by atoms with E-state index in [1.807, 2.05) is 0 Å². The highest BCUT2D eigenvalue weighted by Crippen LogP contribution is 2.48. The molecule has 5 aliphatic rings. The van der Waals surface area contributed by atoms with E-state index in [4.69, 9.17) is 16.1 Å². The van der Waals surface area contributed by atoms with Crippen LogP contribution in [-0.2, 0) is 4.79 Å². The van der Waals surface area contributed by atoms with Crippen LogP contribution in [0.3, 0.4) is 0 Å². The van der Waals surface area contributed by atoms with E-state index in [2.05, 4.69) is 31.3 Å². The van der Waals surface area contributed by atoms with Crippen molar-refractivity contribution in [3.63, 3.8) is 0 Å². The van der Waals surface area contributed by atoms with Crippen LogP contribution in [0.25, 0.3) is 32.8 Å². The number of amides is 1. The van der Waals surface area contributed by atoms with Gasteiger partial charge in [-0.05, 0) is 94.1 Å². The third-order valence-electron chi connectivity index (χ3n) is 12.2. The summed E-state index contributed by atoms with van der Waals surface area (Å²) >= 11 is 0. The number of halogens is 2. The second-order valence-electron chi connectivity index (χ2n) is 15.6. The van der Waals surface area contributed by atoms with E-state index < -0.39 is 11.6 Å². The number of nitrogens with zero attached hydrogens (tertiary/aromatic N) is 4. The van der Waals surface area contributed by atoms with Gasteiger partial charge in [0.1, 0.15) is 22.9 Å². The second-order valence-corrected chi connectivity index (χ2v) is 15.6. The Balaban J connectivity index is 1.06. The first kappa shape index (κ1) is 32.4. The van der Waals surface area contributed by atoms with Gasteiger partial charge in [-0.25, -0.2) is 8.78 Å². The maximum Gasteiger partial charge on any atom is 0.319 e. The minimum atomic E-state index is -0.856. The summed E-state index contributed by atoms with van der Waals surface area (Å²) < 4.78 is 39.7. The number of aromatic hydroxyl groups is 1. The molecule has 1 aromatic heterocycles. The lowest BCUT2D eigenvalue weighted by Gasteiger charge is -2.43. The van der Waals surface area contributed by atoms with Gasteiger partial charge in [0.25, 0.3) is 0 Å². The molecular formula is C40H42F2N6O3. The third-order valence-corrected chi connectivity index (χ3v) is 12.2. The highest BCUT2D eigenvalue weighted by atomic mass is 19.1. The monoisotopic (exact) mass is 692 g/mol. The van der Waals surface area contributed by atoms with Crippen molar-refractivity contribution in [2.24, 2.45) is 10.8 Å². The summed E-state index contributed by atoms with van der Waals surface area (Å²) in [5.41, 5.74) is -0.0185. The Morgan fingerprint density at radius 3 is 2.55 bits per heavy atom. The SMILES string of the molecule is C#Cc1cccc2cc(O)cc(-c3c(F)cc4c(N5CC6CCC(C5)N6)nc(OCC5(CN6CCC7(CCCNC7=O)CC6)CC5)nc4c3F)c12. The lowest BCUT2D eigenvalue weighted by molar-refractivity contribution is -0.136. The number of phenolic OH excluding ortho intramolecular Hbond substituents is 1. The van der Waals surface area contributed by atoms with E-state index in [-0.39, 0.29) is 62.6 Å². The van der Waals surface area contributed by atoms with Gasteiger partial charge >= 0.3 is 6.01 Å². The number of fused-ring (bicyclic) bond motifs is 4. The molecule has 264 valence electrons. The number of phenols is 1. The van der Waals surface area contributed by atoms with Crippen molar-refractivity contribution < 1.29 is 23.4 Å². The van der Waals surface area contributed by atoms with Gasteiger partial charge in [0.15, 0.2) is 5.82 Å². The average molecular weight is 693 g/mol. The van der Waals surface area contributed by atoms with Gasteiger partial charge < -0.3 is 30.3 Å². The van der Waals surface area contributed by atoms with E-state index in [1.165, 1.54) is 18.2 Å². The van der Waals surface area contributed by atoms with Crippen molar-refractivity contribution in [3.05, 3.63) is 53.6 Å². The predicted molar refractivity (Wildman–Crippen MR) is 192 cm³/mol. The van der Waals surface area contributed by atoms with Crippen LogP contribution in [0.1, 0.15) is 56.9 Å². The number of carbonyl (C=O) groups excluding carboxylic acids is 1. The number of likely N-dealkylation sites (tertiary alicyclic amines) is 1. The quantitative estimate of drug-likeness (QED) is 0.218. The van der Waals surface area contributed by atoms with Gasteiger partial charge in [-0.3, -0.25) is 4.79 Å². The number of hydrogen-bond acceptors (Lipinski definition) is 8. The molecule has 51 heavy (non-hydrogen) atoms. The molecule has 4 aliphatic heterocycles. The highest BCUT2D eigenvalue weighted by Gasteiger charge is 2.48. The summed E-state index contributed by atoms with van der Waals surface area (Å²) in [6, 6.07) is 10.0. The molecule has 1 spiro atoms. The Bertz CT molecular complexity index is 2090. The molecule has 4 saturated heterocycles. The van der Waals surface area contributed by atoms with Crippen molar-refractivity contribution in [3.8, 4) is 35.2 Å². The van der Waals surface area contributed by atoms with Crippen LogP contribution >= 0.6 is 0 Å². The lowest BCUT2D eigenvalue weighted by Crippen LogP contribution is -2.52. The first-order chi connectivity index (χ1) is 24.7. The van der Waals surface area contributed by atoms with Crippen molar-refractivity contribution in [1.82, 2.24) is 25.5 Å². The number of nitrogens with one attached hydrogen (secondary N) is 2. The molecule has 5 fully saturated rings. The molecule has 11 heteroatoms. The first-order valence-electron chi connectivity index (χ1n) is 18.3. The number of aromatic nitrogens is 2. The molecule has 1 amide bonds. The second kappa shape index (κ2) is 12.3. The average Bonchev–Trinajstić information content (AvgIpc) is 3.82. The largest absolute Gasteiger partial charge is 0.508 e. The van der Waals surface area contributed by atoms with Crippen molar-refractivity contribution in [2.75, 3.05) is 50.8 Å². The Morgan fingerprint density at radius 2 is 1.82 bits per heavy atom. The number of terminal acetylenes is 1. The van der Waals surface area contributed by atoms with Gasteiger partial charge in [0, 0.05) is 65.6 Å². The molecule has 2 unspecified atom stereocenters. The van der Waals surface area contributed by atoms with Crippen molar-refractivity contribution in [1.29, 1.82) is 0 Å². The molecule has 2 bridgehead atoms. The Morgan fingerprint density at radius 1 is 1.04 bits per heavy atom. The zero-order valence-electron chi connectivity index (χ0n) is 28.6. The van der Waals surface area contributed by atoms with Gasteiger partial charge in [-0.2, -0.15) is 9.97 Å². The predicted octanol–water partition coefficient (Wildman–Crippen LogP) is 5.51. The van der Waals surface area contributed by atoms with Crippen LogP contribution in [0, 0.1) is 34.8 Å². The number of piperazine rings is 1. The van der Waals surface area contributed by atoms with Gasteiger partial charge in [-0.1, -0.05) is 18.1 Å². The molecule has 9 nitrogen and oxygen atoms in total. The van der Waals surface area contributed by atoms with E-state index in [0.29, 0.717) is 41.9 Å². The Hall–Kier alpha value is -4.53. The van der Waals surface area contributed by atoms with Crippen LogP contribution in [0.15, 0.2) is 36.4 Å². The first-order valence-corrected chi connectivity index (χ1v) is 18.3. The van der Waals surface area contributed by atoms with E-state index >= 15 is 8.78 Å². The van der Waals surface area contributed by atoms with E-state index in [0.717, 1.165) is 77.5 Å². The summed E-state index contributed by atoms with van der Waals surface area (Å²) in [6.07, 6.45) is 13.6. The molecule has 5 heterocycles. The third kappa shape index (κ3) is 5.73. The minimum Gasteiger partial charge on any atom is -0.508 e. The zero-order chi connectivity index (χ0) is 34.9. The molecule has 2 atom stereocenters. The number of rotatable bonds is 7. The molecule has 1 aliphatic carbocycles. The smallest absolute Gasteiger partial charge is 0.319 e. The summed E-state index contributed by atoms with van der Waals surface area (Å²) in [4.78, 5) is 26.7. The topological polar surface area (TPSA) is 103 Å². The lowest BCUT2D eigenvalue weighted by atomic mass is 9.72. The zero-order valence-corrected chi connectivity index (χ0v) is 28.6. The minimum absolute atomic E-state index is 0.0381. The standard InChI is InChI=1S/C40H42F2N6O3/c1-2-24-5-3-6-25-17-28(49)18-29(32(24)25)33-31(41)19-30-35(34(33)42)45-38(46-36(30)48-20-26-7-8-27(21-48)44-26)51-23-39(10-11-39)22-47-15-12-40(13-16-47)9-4-14-43-37(40)50/h1,3,5-6,17-19,26-27,44,49H,4,7-16,20-23H2,(H,43,50). The fourth-order valence-electron chi connectivity index (χ4n) is 9.17. The number of anilines is 1. The summed E-state index contributed by atoms with van der Waals surface area (Å²) in [5, 5.41) is 18.6. The molecule has 3 N–H and O–H groups in total. The number of carbonyl (C=O) groups is 1. The van der Waals surface area contributed by atoms with Crippen LogP contribution in [-0.4, -0.2) is 83.8 Å². The van der Waals surface area contributed by atoms with Crippen LogP contribution < -0.4 is 20.3 Å². The van der Waals surface area contributed by atoms with Gasteiger partial charge in [0.2, 0.25) is 5.91 Å². The maximum atomic E-state index is 17.0. The summed E-state index contributed by atoms with van der Waals surface area (Å²) in [5.74, 6) is 1.52. The molecular weight excluding hydrogens is 650 g/mol. The normalized spacial score (nSPS) is 23.8. The Labute approximate surface area is 295 Å². The fraction of sp³-hybridized carbons (Fsp3) is 0.475. The number of hydrogen-bond donors (Lipinski definition) is 3. The molecule has 3 aromatic carbocycles. The van der Waals surface area contributed by atoms with Gasteiger partial charge in [-0.15, -0.1) is 6.42 Å². The molecule has 9 rings (SSSR count). The van der Waals surface area contributed by atoms with Crippen LogP contribution in [0.2, 0.25) is 0 Å². The van der Waals surface area contributed by atoms with E-state index in [9.17, 15) is 9.90 Å². The number of piperidine rings is 2. The van der Waals surface area contributed by atoms with Crippen LogP contribution in [0.5, 0.6) is 11.8 Å². The molecule has 4 aromatic rings. The highest BCUT2D eigenvalue weighted by molar-refractivity contribution is 6.04. The molecule has 0 radical (unpaired) electrons. The Kier molecular flexibility index (Phi) is 7.82. The number of benzene rings is 3. The maximum absolute atomic E-state index is 17.0. The summed E-state index contributed by atoms with van der Waals surface area (Å²) in [6.45, 7) is 5.09. The fourth-order valence-corrected chi connectivity index (χ4v) is 9.17. The molecule has 1 saturated carbocycles. The van der Waals surface area contributed by atoms with Crippen molar-refractivity contribution in [2.45, 2.75) is 63.5 Å².